The van der Waals surface area contributed by atoms with Crippen molar-refractivity contribution in [2.75, 3.05) is 32.4 Å². The minimum atomic E-state index is -3.77. The molecule has 3 rings (SSSR count). The van der Waals surface area contributed by atoms with Gasteiger partial charge in [0.25, 0.3) is 0 Å². The topological polar surface area (TPSA) is 91.8 Å². The lowest BCUT2D eigenvalue weighted by atomic mass is 9.95. The fraction of sp³-hybridized carbons (Fsp3) is 0.611. The van der Waals surface area contributed by atoms with Gasteiger partial charge in [-0.05, 0) is 50.3 Å². The Morgan fingerprint density at radius 1 is 0.926 bits per heavy atom. The van der Waals surface area contributed by atoms with Crippen LogP contribution in [-0.4, -0.2) is 64.4 Å². The zero-order valence-corrected chi connectivity index (χ0v) is 17.1. The molecule has 7 nitrogen and oxygen atoms in total. The SMILES string of the molecule is CS(=O)(=O)c1cccc(S(=O)(=O)N2CCC(C(=O)N3CCCCC3)CC2)c1. The van der Waals surface area contributed by atoms with Crippen molar-refractivity contribution in [1.29, 1.82) is 0 Å². The highest BCUT2D eigenvalue weighted by Gasteiger charge is 2.34. The molecule has 0 aromatic heterocycles. The molecule has 2 heterocycles. The third kappa shape index (κ3) is 4.52. The van der Waals surface area contributed by atoms with Gasteiger partial charge in [0.1, 0.15) is 0 Å². The van der Waals surface area contributed by atoms with Gasteiger partial charge in [0.15, 0.2) is 9.84 Å². The van der Waals surface area contributed by atoms with Crippen molar-refractivity contribution >= 4 is 25.8 Å². The normalized spacial score (nSPS) is 20.6. The molecule has 2 aliphatic rings. The molecule has 9 heteroatoms. The number of sulfonamides is 1. The molecule has 0 unspecified atom stereocenters. The van der Waals surface area contributed by atoms with Gasteiger partial charge in [-0.2, -0.15) is 4.31 Å². The van der Waals surface area contributed by atoms with Crippen LogP contribution in [0.5, 0.6) is 0 Å². The summed E-state index contributed by atoms with van der Waals surface area (Å²) in [4.78, 5) is 14.5. The molecular formula is C18H26N2O5S2. The number of nitrogens with zero attached hydrogens (tertiary/aromatic N) is 2. The molecule has 27 heavy (non-hydrogen) atoms. The van der Waals surface area contributed by atoms with Crippen LogP contribution in [0.25, 0.3) is 0 Å². The fourth-order valence-corrected chi connectivity index (χ4v) is 5.99. The monoisotopic (exact) mass is 414 g/mol. The molecule has 2 fully saturated rings. The predicted octanol–water partition coefficient (Wildman–Crippen LogP) is 1.50. The van der Waals surface area contributed by atoms with E-state index in [1.165, 1.54) is 28.6 Å². The van der Waals surface area contributed by atoms with Crippen LogP contribution < -0.4 is 0 Å². The Bertz CT molecular complexity index is 897. The zero-order chi connectivity index (χ0) is 19.7. The van der Waals surface area contributed by atoms with Crippen molar-refractivity contribution < 1.29 is 21.6 Å². The number of benzene rings is 1. The van der Waals surface area contributed by atoms with E-state index in [9.17, 15) is 21.6 Å². The molecule has 0 spiro atoms. The van der Waals surface area contributed by atoms with Crippen LogP contribution >= 0.6 is 0 Å². The smallest absolute Gasteiger partial charge is 0.243 e. The average molecular weight is 415 g/mol. The maximum absolute atomic E-state index is 12.9. The van der Waals surface area contributed by atoms with Gasteiger partial charge in [0.2, 0.25) is 15.9 Å². The van der Waals surface area contributed by atoms with E-state index in [0.717, 1.165) is 38.6 Å². The van der Waals surface area contributed by atoms with E-state index in [1.807, 2.05) is 4.90 Å². The summed E-state index contributed by atoms with van der Waals surface area (Å²) in [5, 5.41) is 0. The third-order valence-corrected chi connectivity index (χ3v) is 8.35. The van der Waals surface area contributed by atoms with E-state index in [4.69, 9.17) is 0 Å². The molecule has 1 amide bonds. The van der Waals surface area contributed by atoms with E-state index >= 15 is 0 Å². The maximum atomic E-state index is 12.9. The van der Waals surface area contributed by atoms with Gasteiger partial charge in [0.05, 0.1) is 9.79 Å². The highest BCUT2D eigenvalue weighted by Crippen LogP contribution is 2.27. The first-order chi connectivity index (χ1) is 12.7. The van der Waals surface area contributed by atoms with Gasteiger partial charge >= 0.3 is 0 Å². The molecule has 0 atom stereocenters. The Hall–Kier alpha value is -1.45. The summed E-state index contributed by atoms with van der Waals surface area (Å²) < 4.78 is 50.5. The molecule has 0 N–H and O–H groups in total. The van der Waals surface area contributed by atoms with Crippen LogP contribution in [0, 0.1) is 5.92 Å². The molecule has 1 aromatic carbocycles. The van der Waals surface area contributed by atoms with Gasteiger partial charge in [-0.15, -0.1) is 0 Å². The minimum absolute atomic E-state index is 0.0151. The second-order valence-electron chi connectivity index (χ2n) is 7.31. The van der Waals surface area contributed by atoms with Crippen molar-refractivity contribution in [1.82, 2.24) is 9.21 Å². The van der Waals surface area contributed by atoms with Crippen LogP contribution in [0.3, 0.4) is 0 Å². The van der Waals surface area contributed by atoms with Gasteiger partial charge in [-0.25, -0.2) is 16.8 Å². The van der Waals surface area contributed by atoms with E-state index in [-0.39, 0.29) is 34.7 Å². The van der Waals surface area contributed by atoms with Crippen LogP contribution in [-0.2, 0) is 24.7 Å². The second-order valence-corrected chi connectivity index (χ2v) is 11.3. The molecule has 150 valence electrons. The highest BCUT2D eigenvalue weighted by molar-refractivity contribution is 7.91. The average Bonchev–Trinajstić information content (AvgIpc) is 2.67. The first-order valence-corrected chi connectivity index (χ1v) is 12.6. The summed E-state index contributed by atoms with van der Waals surface area (Å²) in [5.41, 5.74) is 0. The van der Waals surface area contributed by atoms with Crippen molar-refractivity contribution in [3.05, 3.63) is 24.3 Å². The van der Waals surface area contributed by atoms with Crippen LogP contribution in [0.2, 0.25) is 0 Å². The highest BCUT2D eigenvalue weighted by atomic mass is 32.2. The summed E-state index contributed by atoms with van der Waals surface area (Å²) in [7, 11) is -7.26. The first kappa shape index (κ1) is 20.3. The van der Waals surface area contributed by atoms with Crippen molar-refractivity contribution in [3.8, 4) is 0 Å². The Morgan fingerprint density at radius 3 is 2.11 bits per heavy atom. The zero-order valence-electron chi connectivity index (χ0n) is 15.5. The molecule has 0 bridgehead atoms. The van der Waals surface area contributed by atoms with Gasteiger partial charge in [-0.3, -0.25) is 4.79 Å². The lowest BCUT2D eigenvalue weighted by Gasteiger charge is -2.35. The Labute approximate surface area is 161 Å². The summed E-state index contributed by atoms with van der Waals surface area (Å²) in [6.07, 6.45) is 5.29. The number of carbonyl (C=O) groups is 1. The second kappa shape index (κ2) is 7.89. The van der Waals surface area contributed by atoms with Crippen LogP contribution in [0.1, 0.15) is 32.1 Å². The summed E-state index contributed by atoms with van der Waals surface area (Å²) >= 11 is 0. The number of hydrogen-bond donors (Lipinski definition) is 0. The Morgan fingerprint density at radius 2 is 1.52 bits per heavy atom. The number of amides is 1. The molecule has 0 saturated carbocycles. The molecule has 2 saturated heterocycles. The minimum Gasteiger partial charge on any atom is -0.342 e. The number of likely N-dealkylation sites (tertiary alicyclic amines) is 1. The van der Waals surface area contributed by atoms with E-state index in [1.54, 1.807) is 0 Å². The first-order valence-electron chi connectivity index (χ1n) is 9.28. The summed E-state index contributed by atoms with van der Waals surface area (Å²) in [6, 6.07) is 5.44. The number of sulfone groups is 1. The van der Waals surface area contributed by atoms with Crippen LogP contribution in [0.4, 0.5) is 0 Å². The third-order valence-electron chi connectivity index (χ3n) is 5.34. The van der Waals surface area contributed by atoms with Gasteiger partial charge in [0, 0.05) is 38.4 Å². The summed E-state index contributed by atoms with van der Waals surface area (Å²) in [5.74, 6) is 0.0164. The summed E-state index contributed by atoms with van der Waals surface area (Å²) in [6.45, 7) is 2.15. The van der Waals surface area contributed by atoms with E-state index in [2.05, 4.69) is 0 Å². The van der Waals surface area contributed by atoms with Crippen molar-refractivity contribution in [2.45, 2.75) is 41.9 Å². The number of hydrogen-bond acceptors (Lipinski definition) is 5. The van der Waals surface area contributed by atoms with Crippen molar-refractivity contribution in [3.63, 3.8) is 0 Å². The molecule has 1 aromatic rings. The quantitative estimate of drug-likeness (QED) is 0.745. The lowest BCUT2D eigenvalue weighted by molar-refractivity contribution is -0.137. The molecular weight excluding hydrogens is 388 g/mol. The van der Waals surface area contributed by atoms with E-state index in [0.29, 0.717) is 12.8 Å². The number of piperidine rings is 2. The Kier molecular flexibility index (Phi) is 5.93. The standard InChI is InChI=1S/C18H26N2O5S2/c1-26(22,23)16-6-5-7-17(14-16)27(24,25)20-12-8-15(9-13-20)18(21)19-10-3-2-4-11-19/h5-7,14-15H,2-4,8-13H2,1H3. The fourth-order valence-electron chi connectivity index (χ4n) is 3.73. The molecule has 2 aliphatic heterocycles. The lowest BCUT2D eigenvalue weighted by Crippen LogP contribution is -2.45. The Balaban J connectivity index is 1.69. The predicted molar refractivity (Wildman–Crippen MR) is 101 cm³/mol. The van der Waals surface area contributed by atoms with Gasteiger partial charge in [-0.1, -0.05) is 6.07 Å². The largest absolute Gasteiger partial charge is 0.342 e. The van der Waals surface area contributed by atoms with E-state index < -0.39 is 19.9 Å². The molecule has 0 radical (unpaired) electrons. The van der Waals surface area contributed by atoms with Crippen LogP contribution in [0.15, 0.2) is 34.1 Å². The number of rotatable bonds is 4. The van der Waals surface area contributed by atoms with Crippen molar-refractivity contribution in [2.24, 2.45) is 5.92 Å². The number of carbonyl (C=O) groups excluding carboxylic acids is 1. The van der Waals surface area contributed by atoms with Gasteiger partial charge < -0.3 is 4.90 Å². The molecule has 0 aliphatic carbocycles. The maximum Gasteiger partial charge on any atom is 0.243 e.